The van der Waals surface area contributed by atoms with Gasteiger partial charge < -0.3 is 5.32 Å². The zero-order valence-electron chi connectivity index (χ0n) is 13.7. The van der Waals surface area contributed by atoms with Crippen LogP contribution in [0.4, 0.5) is 5.82 Å². The zero-order chi connectivity index (χ0) is 18.0. The molecule has 0 aliphatic heterocycles. The first-order valence-electron chi connectivity index (χ1n) is 7.53. The number of aromatic nitrogens is 3. The third kappa shape index (κ3) is 3.24. The lowest BCUT2D eigenvalue weighted by atomic mass is 10.3. The van der Waals surface area contributed by atoms with Crippen LogP contribution >= 0.6 is 23.6 Å². The van der Waals surface area contributed by atoms with Gasteiger partial charge in [-0.1, -0.05) is 29.5 Å². The molecule has 0 fully saturated rings. The zero-order valence-corrected chi connectivity index (χ0v) is 15.3. The Hall–Kier alpha value is -2.76. The minimum atomic E-state index is -0.267. The largest absolute Gasteiger partial charge is 0.357 e. The minimum absolute atomic E-state index is 0.0652. The van der Waals surface area contributed by atoms with E-state index in [-0.39, 0.29) is 12.5 Å². The highest BCUT2D eigenvalue weighted by molar-refractivity contribution is 7.73. The maximum atomic E-state index is 13.0. The van der Waals surface area contributed by atoms with Crippen molar-refractivity contribution in [2.75, 3.05) is 11.9 Å². The molecule has 0 aliphatic rings. The Morgan fingerprint density at radius 1 is 1.36 bits per heavy atom. The first kappa shape index (κ1) is 17.1. The average molecular weight is 369 g/mol. The summed E-state index contributed by atoms with van der Waals surface area (Å²) in [4.78, 5) is 13.4. The van der Waals surface area contributed by atoms with E-state index in [1.807, 2.05) is 56.3 Å². The number of carbonyl (C=O) groups is 1. The molecule has 0 unspecified atom stereocenters. The fraction of sp³-hybridized carbons (Fsp3) is 0.176. The number of para-hydroxylation sites is 1. The van der Waals surface area contributed by atoms with E-state index in [0.29, 0.717) is 14.6 Å². The molecule has 0 atom stereocenters. The molecule has 3 rings (SSSR count). The Bertz CT molecular complexity index is 1020. The van der Waals surface area contributed by atoms with Crippen LogP contribution < -0.4 is 5.32 Å². The topological polar surface area (TPSA) is 75.6 Å². The third-order valence-electron chi connectivity index (χ3n) is 3.56. The number of anilines is 1. The van der Waals surface area contributed by atoms with Gasteiger partial charge in [0.1, 0.15) is 17.2 Å². The second-order valence-corrected chi connectivity index (χ2v) is 7.02. The number of benzene rings is 1. The van der Waals surface area contributed by atoms with Crippen molar-refractivity contribution in [2.24, 2.45) is 0 Å². The molecule has 0 radical (unpaired) electrons. The normalized spacial score (nSPS) is 10.4. The minimum Gasteiger partial charge on any atom is -0.357 e. The van der Waals surface area contributed by atoms with Crippen LogP contribution in [-0.4, -0.2) is 26.8 Å². The average Bonchev–Trinajstić information content (AvgIpc) is 3.11. The maximum absolute atomic E-state index is 13.0. The molecule has 3 aromatic rings. The molecule has 0 saturated heterocycles. The quantitative estimate of drug-likeness (QED) is 0.560. The first-order valence-corrected chi connectivity index (χ1v) is 8.75. The molecule has 126 valence electrons. The van der Waals surface area contributed by atoms with Gasteiger partial charge in [-0.05, 0) is 44.3 Å². The Morgan fingerprint density at radius 3 is 2.68 bits per heavy atom. The van der Waals surface area contributed by atoms with Crippen LogP contribution in [0.3, 0.4) is 0 Å². The van der Waals surface area contributed by atoms with Gasteiger partial charge in [-0.3, -0.25) is 9.36 Å². The predicted octanol–water partition coefficient (Wildman–Crippen LogP) is 3.71. The van der Waals surface area contributed by atoms with Crippen molar-refractivity contribution in [1.29, 1.82) is 5.26 Å². The SMILES string of the molecule is Cc1cc(C)n(C(=O)c2sc(=S)n(-c3ccccc3)c2NCC#N)n1. The van der Waals surface area contributed by atoms with Crippen molar-refractivity contribution in [1.82, 2.24) is 14.3 Å². The van der Waals surface area contributed by atoms with Crippen LogP contribution in [0.5, 0.6) is 0 Å². The second-order valence-electron chi connectivity index (χ2n) is 5.37. The van der Waals surface area contributed by atoms with Crippen molar-refractivity contribution in [3.63, 3.8) is 0 Å². The number of hydrogen-bond donors (Lipinski definition) is 1. The number of thiazole rings is 1. The molecule has 6 nitrogen and oxygen atoms in total. The van der Waals surface area contributed by atoms with Crippen LogP contribution in [0.25, 0.3) is 5.69 Å². The van der Waals surface area contributed by atoms with Gasteiger partial charge in [0.25, 0.3) is 5.91 Å². The predicted molar refractivity (Wildman–Crippen MR) is 100 cm³/mol. The molecule has 25 heavy (non-hydrogen) atoms. The standard InChI is InChI=1S/C17H15N5OS2/c1-11-10-12(2)22(20-11)16(23)14-15(19-9-8-18)21(17(24)25-14)13-6-4-3-5-7-13/h3-7,10,19H,9H2,1-2H3. The van der Waals surface area contributed by atoms with Crippen molar-refractivity contribution in [3.8, 4) is 11.8 Å². The van der Waals surface area contributed by atoms with Crippen molar-refractivity contribution in [3.05, 3.63) is 56.6 Å². The van der Waals surface area contributed by atoms with Gasteiger partial charge in [0.15, 0.2) is 3.95 Å². The van der Waals surface area contributed by atoms with Gasteiger partial charge in [0.05, 0.1) is 11.8 Å². The number of rotatable bonds is 4. The van der Waals surface area contributed by atoms with Crippen molar-refractivity contribution < 1.29 is 4.79 Å². The van der Waals surface area contributed by atoms with Crippen molar-refractivity contribution in [2.45, 2.75) is 13.8 Å². The van der Waals surface area contributed by atoms with E-state index in [1.165, 1.54) is 16.0 Å². The van der Waals surface area contributed by atoms with Gasteiger partial charge in [0, 0.05) is 11.4 Å². The first-order chi connectivity index (χ1) is 12.0. The lowest BCUT2D eigenvalue weighted by Gasteiger charge is -2.11. The Morgan fingerprint density at radius 2 is 2.08 bits per heavy atom. The molecule has 1 N–H and O–H groups in total. The molecule has 0 saturated carbocycles. The molecule has 0 aliphatic carbocycles. The highest BCUT2D eigenvalue weighted by Gasteiger charge is 2.23. The summed E-state index contributed by atoms with van der Waals surface area (Å²) in [7, 11) is 0. The number of aryl methyl sites for hydroxylation is 2. The molecule has 0 spiro atoms. The van der Waals surface area contributed by atoms with Crippen LogP contribution in [0, 0.1) is 29.1 Å². The van der Waals surface area contributed by atoms with E-state index < -0.39 is 0 Å². The summed E-state index contributed by atoms with van der Waals surface area (Å²) < 4.78 is 3.66. The molecule has 1 aromatic carbocycles. The summed E-state index contributed by atoms with van der Waals surface area (Å²) >= 11 is 6.68. The van der Waals surface area contributed by atoms with Gasteiger partial charge in [-0.2, -0.15) is 15.0 Å². The fourth-order valence-corrected chi connectivity index (χ4v) is 3.89. The summed E-state index contributed by atoms with van der Waals surface area (Å²) in [5.74, 6) is 0.247. The summed E-state index contributed by atoms with van der Waals surface area (Å²) in [5.41, 5.74) is 2.35. The Kier molecular flexibility index (Phi) is 4.79. The van der Waals surface area contributed by atoms with Gasteiger partial charge in [0.2, 0.25) is 0 Å². The Labute approximate surface area is 154 Å². The summed E-state index contributed by atoms with van der Waals surface area (Å²) in [6.07, 6.45) is 0. The monoisotopic (exact) mass is 369 g/mol. The molecule has 2 aromatic heterocycles. The van der Waals surface area contributed by atoms with E-state index in [9.17, 15) is 4.79 Å². The van der Waals surface area contributed by atoms with Crippen LogP contribution in [0.15, 0.2) is 36.4 Å². The smallest absolute Gasteiger partial charge is 0.292 e. The molecule has 8 heteroatoms. The summed E-state index contributed by atoms with van der Waals surface area (Å²) in [6, 6.07) is 13.4. The highest BCUT2D eigenvalue weighted by atomic mass is 32.1. The fourth-order valence-electron chi connectivity index (χ4n) is 2.54. The van der Waals surface area contributed by atoms with E-state index in [1.54, 1.807) is 4.57 Å². The second kappa shape index (κ2) is 7.01. The van der Waals surface area contributed by atoms with Crippen LogP contribution in [0.1, 0.15) is 21.1 Å². The highest BCUT2D eigenvalue weighted by Crippen LogP contribution is 2.29. The number of nitriles is 1. The van der Waals surface area contributed by atoms with Gasteiger partial charge in [-0.15, -0.1) is 0 Å². The molecular weight excluding hydrogens is 354 g/mol. The molecule has 2 heterocycles. The number of carbonyl (C=O) groups excluding carboxylic acids is 1. The van der Waals surface area contributed by atoms with Crippen molar-refractivity contribution >= 4 is 35.3 Å². The van der Waals surface area contributed by atoms with Gasteiger partial charge >= 0.3 is 0 Å². The van der Waals surface area contributed by atoms with Gasteiger partial charge in [-0.25, -0.2) is 0 Å². The summed E-state index contributed by atoms with van der Waals surface area (Å²) in [5, 5.41) is 16.2. The van der Waals surface area contributed by atoms with E-state index >= 15 is 0 Å². The lowest BCUT2D eigenvalue weighted by molar-refractivity contribution is 0.0947. The number of nitrogens with one attached hydrogen (secondary N) is 1. The van der Waals surface area contributed by atoms with E-state index in [0.717, 1.165) is 17.1 Å². The third-order valence-corrected chi connectivity index (χ3v) is 4.92. The van der Waals surface area contributed by atoms with E-state index in [2.05, 4.69) is 10.4 Å². The van der Waals surface area contributed by atoms with E-state index in [4.69, 9.17) is 17.5 Å². The number of nitrogens with zero attached hydrogens (tertiary/aromatic N) is 4. The molecule has 0 amide bonds. The lowest BCUT2D eigenvalue weighted by Crippen LogP contribution is -2.17. The van der Waals surface area contributed by atoms with Crippen LogP contribution in [-0.2, 0) is 0 Å². The number of hydrogen-bond acceptors (Lipinski definition) is 6. The molecular formula is C17H15N5OS2. The maximum Gasteiger partial charge on any atom is 0.292 e. The summed E-state index contributed by atoms with van der Waals surface area (Å²) in [6.45, 7) is 3.73. The van der Waals surface area contributed by atoms with Crippen LogP contribution in [0.2, 0.25) is 0 Å². The Balaban J connectivity index is 2.17. The molecule has 0 bridgehead atoms.